The maximum atomic E-state index is 10.4. The number of nitrogens with zero attached hydrogens (tertiary/aromatic N) is 2. The first kappa shape index (κ1) is 16.5. The van der Waals surface area contributed by atoms with Crippen LogP contribution in [0.1, 0.15) is 5.56 Å². The van der Waals surface area contributed by atoms with Crippen LogP contribution >= 0.6 is 0 Å². The third kappa shape index (κ3) is 3.14. The van der Waals surface area contributed by atoms with Gasteiger partial charge in [-0.25, -0.2) is 0 Å². The van der Waals surface area contributed by atoms with E-state index < -0.39 is 0 Å². The van der Waals surface area contributed by atoms with Crippen LogP contribution < -0.4 is 35.3 Å². The molecule has 3 N–H and O–H groups in total. The fourth-order valence-corrected chi connectivity index (χ4v) is 2.25. The number of rotatable bonds is 2. The van der Waals surface area contributed by atoms with Crippen molar-refractivity contribution in [2.45, 2.75) is 6.92 Å². The van der Waals surface area contributed by atoms with Gasteiger partial charge in [0, 0.05) is 0 Å². The molecule has 4 nitrogen and oxygen atoms in total. The Morgan fingerprint density at radius 1 is 1.09 bits per heavy atom. The fraction of sp³-hybridized carbons (Fsp3) is 0.0588. The van der Waals surface area contributed by atoms with E-state index in [9.17, 15) is 5.11 Å². The molecule has 0 aliphatic rings. The van der Waals surface area contributed by atoms with Crippen LogP contribution in [0, 0.1) is 13.0 Å². The molecule has 3 rings (SSSR count). The zero-order valence-corrected chi connectivity index (χ0v) is 14.5. The summed E-state index contributed by atoms with van der Waals surface area (Å²) in [5.41, 5.74) is 8.39. The first-order chi connectivity index (χ1) is 10.2. The first-order valence-electron chi connectivity index (χ1n) is 6.55. The van der Waals surface area contributed by atoms with Gasteiger partial charge in [-0.2, -0.15) is 23.3 Å². The van der Waals surface area contributed by atoms with Crippen molar-refractivity contribution in [1.82, 2.24) is 0 Å². The van der Waals surface area contributed by atoms with Crippen molar-refractivity contribution in [2.75, 3.05) is 5.73 Å². The van der Waals surface area contributed by atoms with Gasteiger partial charge in [-0.15, -0.1) is 16.6 Å². The SMILES string of the molecule is Cc1cc2c[c-]cc(N)c2c(O)c1N=Nc1ccccc1.[Na+]. The van der Waals surface area contributed by atoms with E-state index in [1.165, 1.54) is 0 Å². The number of anilines is 1. The van der Waals surface area contributed by atoms with Crippen molar-refractivity contribution in [3.63, 3.8) is 0 Å². The molecule has 0 amide bonds. The second-order valence-electron chi connectivity index (χ2n) is 4.80. The average Bonchev–Trinajstić information content (AvgIpc) is 2.47. The van der Waals surface area contributed by atoms with Gasteiger partial charge >= 0.3 is 29.6 Å². The molecule has 104 valence electrons. The fourth-order valence-electron chi connectivity index (χ4n) is 2.25. The molecule has 3 aromatic carbocycles. The van der Waals surface area contributed by atoms with Crippen molar-refractivity contribution in [3.8, 4) is 5.75 Å². The monoisotopic (exact) mass is 299 g/mol. The first-order valence-corrected chi connectivity index (χ1v) is 6.55. The van der Waals surface area contributed by atoms with Crippen molar-refractivity contribution >= 4 is 27.8 Å². The van der Waals surface area contributed by atoms with Crippen LogP contribution in [0.4, 0.5) is 17.1 Å². The van der Waals surface area contributed by atoms with Gasteiger partial charge in [-0.3, -0.25) is 0 Å². The summed E-state index contributed by atoms with van der Waals surface area (Å²) in [4.78, 5) is 0. The molecule has 3 aromatic rings. The molecule has 0 saturated heterocycles. The molecular weight excluding hydrogens is 285 g/mol. The molecule has 0 atom stereocenters. The zero-order chi connectivity index (χ0) is 14.8. The molecule has 0 radical (unpaired) electrons. The Labute approximate surface area is 151 Å². The zero-order valence-electron chi connectivity index (χ0n) is 12.5. The summed E-state index contributed by atoms with van der Waals surface area (Å²) in [6, 6.07) is 17.7. The van der Waals surface area contributed by atoms with E-state index in [0.717, 1.165) is 16.6 Å². The molecule has 0 fully saturated rings. The van der Waals surface area contributed by atoms with Gasteiger partial charge in [0.25, 0.3) is 0 Å². The van der Waals surface area contributed by atoms with Crippen LogP contribution in [0.5, 0.6) is 5.75 Å². The number of hydrogen-bond donors (Lipinski definition) is 2. The predicted molar refractivity (Wildman–Crippen MR) is 84.2 cm³/mol. The quantitative estimate of drug-likeness (QED) is 0.327. The number of phenolic OH excluding ortho intramolecular Hbond substituents is 1. The number of hydrogen-bond acceptors (Lipinski definition) is 4. The Hall–Kier alpha value is -1.88. The summed E-state index contributed by atoms with van der Waals surface area (Å²) in [6.45, 7) is 1.88. The van der Waals surface area contributed by atoms with Gasteiger partial charge < -0.3 is 10.8 Å². The van der Waals surface area contributed by atoms with E-state index in [2.05, 4.69) is 16.3 Å². The summed E-state index contributed by atoms with van der Waals surface area (Å²) < 4.78 is 0. The van der Waals surface area contributed by atoms with E-state index >= 15 is 0 Å². The molecule has 0 aliphatic carbocycles. The van der Waals surface area contributed by atoms with Gasteiger partial charge in [0.1, 0.15) is 11.4 Å². The number of nitrogens with two attached hydrogens (primary N) is 1. The summed E-state index contributed by atoms with van der Waals surface area (Å²) in [6.07, 6.45) is 0. The summed E-state index contributed by atoms with van der Waals surface area (Å²) in [5, 5.41) is 20.2. The van der Waals surface area contributed by atoms with Crippen LogP contribution in [-0.4, -0.2) is 5.11 Å². The Morgan fingerprint density at radius 3 is 2.55 bits per heavy atom. The smallest absolute Gasteiger partial charge is 0.507 e. The summed E-state index contributed by atoms with van der Waals surface area (Å²) in [5.74, 6) is 0.0520. The molecule has 0 heterocycles. The van der Waals surface area contributed by atoms with Crippen molar-refractivity contribution in [3.05, 3.63) is 60.2 Å². The maximum Gasteiger partial charge on any atom is 1.00 e. The third-order valence-electron chi connectivity index (χ3n) is 3.28. The minimum Gasteiger partial charge on any atom is -0.507 e. The largest absolute Gasteiger partial charge is 1.00 e. The molecule has 0 aromatic heterocycles. The molecular formula is C17H14N3NaO. The Morgan fingerprint density at radius 2 is 1.82 bits per heavy atom. The number of fused-ring (bicyclic) bond motifs is 1. The van der Waals surface area contributed by atoms with Crippen LogP contribution in [0.25, 0.3) is 10.8 Å². The normalized spacial score (nSPS) is 10.8. The van der Waals surface area contributed by atoms with Gasteiger partial charge in [-0.05, 0) is 24.6 Å². The maximum absolute atomic E-state index is 10.4. The Balaban J connectivity index is 0.00000176. The topological polar surface area (TPSA) is 71.0 Å². The molecule has 0 saturated carbocycles. The number of benzene rings is 3. The van der Waals surface area contributed by atoms with E-state index in [-0.39, 0.29) is 35.3 Å². The van der Waals surface area contributed by atoms with Crippen LogP contribution in [-0.2, 0) is 0 Å². The number of aryl methyl sites for hydroxylation is 1. The van der Waals surface area contributed by atoms with E-state index in [1.807, 2.05) is 43.3 Å². The van der Waals surface area contributed by atoms with E-state index in [4.69, 9.17) is 5.73 Å². The number of azo groups is 1. The van der Waals surface area contributed by atoms with Gasteiger partial charge in [0.15, 0.2) is 0 Å². The third-order valence-corrected chi connectivity index (χ3v) is 3.28. The summed E-state index contributed by atoms with van der Waals surface area (Å²) >= 11 is 0. The van der Waals surface area contributed by atoms with Crippen molar-refractivity contribution in [1.29, 1.82) is 0 Å². The molecule has 0 aliphatic heterocycles. The second-order valence-corrected chi connectivity index (χ2v) is 4.80. The van der Waals surface area contributed by atoms with E-state index in [0.29, 0.717) is 16.8 Å². The number of nitrogen functional groups attached to an aromatic ring is 1. The summed E-state index contributed by atoms with van der Waals surface area (Å²) in [7, 11) is 0. The molecule has 0 spiro atoms. The predicted octanol–water partition coefficient (Wildman–Crippen LogP) is 1.66. The Bertz CT molecular complexity index is 832. The Kier molecular flexibility index (Phi) is 5.19. The molecule has 0 unspecified atom stereocenters. The van der Waals surface area contributed by atoms with Gasteiger partial charge in [0.2, 0.25) is 0 Å². The minimum atomic E-state index is 0. The average molecular weight is 299 g/mol. The standard InChI is InChI=1S/C17H14N3O.Na/c1-11-10-12-6-5-9-14(18)15(12)17(21)16(11)20-19-13-7-3-2-4-8-13;/h2-4,6-10,21H,18H2,1H3;/q-1;+1. The van der Waals surface area contributed by atoms with Gasteiger partial charge in [-0.1, -0.05) is 29.3 Å². The van der Waals surface area contributed by atoms with Gasteiger partial charge in [0.05, 0.1) is 5.69 Å². The van der Waals surface area contributed by atoms with Crippen molar-refractivity contribution < 1.29 is 34.7 Å². The van der Waals surface area contributed by atoms with Crippen LogP contribution in [0.3, 0.4) is 0 Å². The molecule has 0 bridgehead atoms. The minimum absolute atomic E-state index is 0. The number of phenols is 1. The number of aromatic hydroxyl groups is 1. The van der Waals surface area contributed by atoms with Crippen LogP contribution in [0.2, 0.25) is 0 Å². The molecule has 5 heteroatoms. The van der Waals surface area contributed by atoms with E-state index in [1.54, 1.807) is 12.1 Å². The second kappa shape index (κ2) is 6.92. The van der Waals surface area contributed by atoms with Crippen molar-refractivity contribution in [2.24, 2.45) is 10.2 Å². The van der Waals surface area contributed by atoms with Crippen LogP contribution in [0.15, 0.2) is 58.8 Å². The molecule has 22 heavy (non-hydrogen) atoms.